The van der Waals surface area contributed by atoms with E-state index in [4.69, 9.17) is 5.11 Å². The molecule has 1 rings (SSSR count). The van der Waals surface area contributed by atoms with Crippen molar-refractivity contribution < 1.29 is 9.90 Å². The van der Waals surface area contributed by atoms with E-state index in [0.29, 0.717) is 6.54 Å². The number of aromatic nitrogens is 1. The van der Waals surface area contributed by atoms with Gasteiger partial charge >= 0.3 is 5.97 Å². The standard InChI is InChI=1S/C10H14N2O2/c1-8-7-11-5-3-9(8)12(2)6-4-10(13)14/h3,5,7H,4,6H2,1-2H3,(H,13,14). The zero-order valence-electron chi connectivity index (χ0n) is 8.40. The minimum atomic E-state index is -0.774. The predicted molar refractivity (Wildman–Crippen MR) is 54.5 cm³/mol. The minimum absolute atomic E-state index is 0.151. The summed E-state index contributed by atoms with van der Waals surface area (Å²) < 4.78 is 0. The third-order valence-electron chi connectivity index (χ3n) is 2.06. The molecule has 1 aromatic heterocycles. The first kappa shape index (κ1) is 10.5. The van der Waals surface area contributed by atoms with Crippen molar-refractivity contribution >= 4 is 11.7 Å². The lowest BCUT2D eigenvalue weighted by Gasteiger charge is -2.19. The van der Waals surface area contributed by atoms with E-state index in [1.165, 1.54) is 0 Å². The summed E-state index contributed by atoms with van der Waals surface area (Å²) in [5.41, 5.74) is 2.08. The molecule has 0 radical (unpaired) electrons. The van der Waals surface area contributed by atoms with Gasteiger partial charge in [0.1, 0.15) is 0 Å². The van der Waals surface area contributed by atoms with Gasteiger partial charge in [0.15, 0.2) is 0 Å². The number of pyridine rings is 1. The topological polar surface area (TPSA) is 53.4 Å². The zero-order chi connectivity index (χ0) is 10.6. The first-order valence-corrected chi connectivity index (χ1v) is 4.45. The summed E-state index contributed by atoms with van der Waals surface area (Å²) in [6, 6.07) is 1.89. The van der Waals surface area contributed by atoms with E-state index in [2.05, 4.69) is 4.98 Å². The molecule has 1 heterocycles. The highest BCUT2D eigenvalue weighted by Gasteiger charge is 2.05. The number of anilines is 1. The van der Waals surface area contributed by atoms with Crippen LogP contribution in [0.2, 0.25) is 0 Å². The second-order valence-corrected chi connectivity index (χ2v) is 3.23. The summed E-state index contributed by atoms with van der Waals surface area (Å²) in [6.07, 6.45) is 3.63. The van der Waals surface area contributed by atoms with Gasteiger partial charge in [-0.05, 0) is 18.6 Å². The highest BCUT2D eigenvalue weighted by atomic mass is 16.4. The van der Waals surface area contributed by atoms with Crippen LogP contribution in [0.5, 0.6) is 0 Å². The molecule has 4 heteroatoms. The summed E-state index contributed by atoms with van der Waals surface area (Å²) in [6.45, 7) is 2.47. The highest BCUT2D eigenvalue weighted by Crippen LogP contribution is 2.16. The van der Waals surface area contributed by atoms with Gasteiger partial charge in [0.2, 0.25) is 0 Å². The second-order valence-electron chi connectivity index (χ2n) is 3.23. The Morgan fingerprint density at radius 1 is 1.64 bits per heavy atom. The van der Waals surface area contributed by atoms with E-state index in [1.807, 2.05) is 24.9 Å². The van der Waals surface area contributed by atoms with E-state index in [0.717, 1.165) is 11.3 Å². The Bertz CT molecular complexity index is 326. The number of carboxylic acids is 1. The fourth-order valence-electron chi connectivity index (χ4n) is 1.28. The van der Waals surface area contributed by atoms with Gasteiger partial charge in [0, 0.05) is 31.7 Å². The molecule has 1 aromatic rings. The normalized spacial score (nSPS) is 9.86. The van der Waals surface area contributed by atoms with Crippen molar-refractivity contribution in [3.05, 3.63) is 24.0 Å². The fourth-order valence-corrected chi connectivity index (χ4v) is 1.28. The number of carboxylic acid groups (broad SMARTS) is 1. The van der Waals surface area contributed by atoms with Crippen LogP contribution in [-0.4, -0.2) is 29.7 Å². The molecule has 0 atom stereocenters. The smallest absolute Gasteiger partial charge is 0.305 e. The van der Waals surface area contributed by atoms with Gasteiger partial charge in [0.05, 0.1) is 6.42 Å². The summed E-state index contributed by atoms with van der Waals surface area (Å²) >= 11 is 0. The number of carbonyl (C=O) groups is 1. The number of hydrogen-bond acceptors (Lipinski definition) is 3. The molecule has 1 N–H and O–H groups in total. The molecule has 0 saturated heterocycles. The van der Waals surface area contributed by atoms with Gasteiger partial charge in [-0.15, -0.1) is 0 Å². The van der Waals surface area contributed by atoms with Crippen molar-refractivity contribution in [3.63, 3.8) is 0 Å². The first-order chi connectivity index (χ1) is 6.61. The maximum atomic E-state index is 10.4. The van der Waals surface area contributed by atoms with Crippen LogP contribution in [0.4, 0.5) is 5.69 Å². The fraction of sp³-hybridized carbons (Fsp3) is 0.400. The molecule has 0 aliphatic heterocycles. The lowest BCUT2D eigenvalue weighted by atomic mass is 10.2. The van der Waals surface area contributed by atoms with Crippen molar-refractivity contribution in [2.45, 2.75) is 13.3 Å². The molecular formula is C10H14N2O2. The number of aryl methyl sites for hydroxylation is 1. The van der Waals surface area contributed by atoms with Crippen LogP contribution in [0.15, 0.2) is 18.5 Å². The van der Waals surface area contributed by atoms with E-state index in [-0.39, 0.29) is 6.42 Å². The lowest BCUT2D eigenvalue weighted by molar-refractivity contribution is -0.136. The van der Waals surface area contributed by atoms with E-state index in [9.17, 15) is 4.79 Å². The quantitative estimate of drug-likeness (QED) is 0.785. The molecule has 0 saturated carbocycles. The maximum Gasteiger partial charge on any atom is 0.305 e. The summed E-state index contributed by atoms with van der Waals surface area (Å²) in [5.74, 6) is -0.774. The predicted octanol–water partition coefficient (Wildman–Crippen LogP) is 1.30. The van der Waals surface area contributed by atoms with E-state index in [1.54, 1.807) is 12.4 Å². The molecule has 4 nitrogen and oxygen atoms in total. The van der Waals surface area contributed by atoms with Crippen LogP contribution in [0, 0.1) is 6.92 Å². The first-order valence-electron chi connectivity index (χ1n) is 4.45. The van der Waals surface area contributed by atoms with E-state index < -0.39 is 5.97 Å². The van der Waals surface area contributed by atoms with Gasteiger partial charge in [0.25, 0.3) is 0 Å². The zero-order valence-corrected chi connectivity index (χ0v) is 8.40. The van der Waals surface area contributed by atoms with Crippen molar-refractivity contribution in [2.75, 3.05) is 18.5 Å². The average Bonchev–Trinajstić information content (AvgIpc) is 2.15. The monoisotopic (exact) mass is 194 g/mol. The van der Waals surface area contributed by atoms with Crippen LogP contribution < -0.4 is 4.90 Å². The second kappa shape index (κ2) is 4.60. The maximum absolute atomic E-state index is 10.4. The number of rotatable bonds is 4. The van der Waals surface area contributed by atoms with Gasteiger partial charge in [-0.3, -0.25) is 9.78 Å². The lowest BCUT2D eigenvalue weighted by Crippen LogP contribution is -2.21. The van der Waals surface area contributed by atoms with Crippen LogP contribution >= 0.6 is 0 Å². The molecule has 76 valence electrons. The Morgan fingerprint density at radius 2 is 2.36 bits per heavy atom. The van der Waals surface area contributed by atoms with Gasteiger partial charge < -0.3 is 10.0 Å². The molecule has 0 fully saturated rings. The SMILES string of the molecule is Cc1cnccc1N(C)CCC(=O)O. The summed E-state index contributed by atoms with van der Waals surface area (Å²) in [7, 11) is 1.88. The van der Waals surface area contributed by atoms with Crippen LogP contribution in [0.1, 0.15) is 12.0 Å². The van der Waals surface area contributed by atoms with Gasteiger partial charge in [-0.25, -0.2) is 0 Å². The summed E-state index contributed by atoms with van der Waals surface area (Å²) in [4.78, 5) is 16.3. The Balaban J connectivity index is 2.65. The van der Waals surface area contributed by atoms with Crippen LogP contribution in [0.25, 0.3) is 0 Å². The van der Waals surface area contributed by atoms with Crippen molar-refractivity contribution in [2.24, 2.45) is 0 Å². The Hall–Kier alpha value is -1.58. The van der Waals surface area contributed by atoms with Crippen LogP contribution in [0.3, 0.4) is 0 Å². The van der Waals surface area contributed by atoms with E-state index >= 15 is 0 Å². The highest BCUT2D eigenvalue weighted by molar-refractivity contribution is 5.67. The van der Waals surface area contributed by atoms with Crippen LogP contribution in [-0.2, 0) is 4.79 Å². The van der Waals surface area contributed by atoms with Crippen molar-refractivity contribution in [3.8, 4) is 0 Å². The molecule has 0 aliphatic carbocycles. The Morgan fingerprint density at radius 3 is 2.93 bits per heavy atom. The average molecular weight is 194 g/mol. The molecule has 0 spiro atoms. The molecule has 0 aromatic carbocycles. The molecule has 0 bridgehead atoms. The number of nitrogens with zero attached hydrogens (tertiary/aromatic N) is 2. The third-order valence-corrected chi connectivity index (χ3v) is 2.06. The van der Waals surface area contributed by atoms with Crippen molar-refractivity contribution in [1.82, 2.24) is 4.98 Å². The molecule has 14 heavy (non-hydrogen) atoms. The largest absolute Gasteiger partial charge is 0.481 e. The van der Waals surface area contributed by atoms with Gasteiger partial charge in [-0.2, -0.15) is 0 Å². The van der Waals surface area contributed by atoms with Gasteiger partial charge in [-0.1, -0.05) is 0 Å². The molecule has 0 amide bonds. The number of hydrogen-bond donors (Lipinski definition) is 1. The molecular weight excluding hydrogens is 180 g/mol. The number of aliphatic carboxylic acids is 1. The van der Waals surface area contributed by atoms with Crippen molar-refractivity contribution in [1.29, 1.82) is 0 Å². The molecule has 0 aliphatic rings. The third kappa shape index (κ3) is 2.73. The molecule has 0 unspecified atom stereocenters. The Kier molecular flexibility index (Phi) is 3.45. The minimum Gasteiger partial charge on any atom is -0.481 e. The Labute approximate surface area is 83.2 Å². The summed E-state index contributed by atoms with van der Waals surface area (Å²) in [5, 5.41) is 8.54.